The summed E-state index contributed by atoms with van der Waals surface area (Å²) in [4.78, 5) is 23.7. The molecule has 0 aromatic heterocycles. The zero-order valence-corrected chi connectivity index (χ0v) is 14.2. The molecule has 2 N–H and O–H groups in total. The van der Waals surface area contributed by atoms with Crippen molar-refractivity contribution in [3.05, 3.63) is 35.6 Å². The van der Waals surface area contributed by atoms with Crippen LogP contribution in [0.5, 0.6) is 0 Å². The number of carbonyl (C=O) groups excluding carboxylic acids is 2. The Morgan fingerprint density at radius 3 is 2.62 bits per heavy atom. The van der Waals surface area contributed by atoms with Crippen molar-refractivity contribution in [2.24, 2.45) is 0 Å². The van der Waals surface area contributed by atoms with Crippen LogP contribution < -0.4 is 10.6 Å². The summed E-state index contributed by atoms with van der Waals surface area (Å²) in [5.74, 6) is -1.18. The number of hydrogen-bond donors (Lipinski definition) is 2. The van der Waals surface area contributed by atoms with Crippen LogP contribution in [0, 0.1) is 5.82 Å². The summed E-state index contributed by atoms with van der Waals surface area (Å²) >= 11 is 0. The molecule has 6 heteroatoms. The van der Waals surface area contributed by atoms with Crippen molar-refractivity contribution in [3.63, 3.8) is 0 Å². The van der Waals surface area contributed by atoms with Crippen molar-refractivity contribution in [2.45, 2.75) is 57.6 Å². The highest BCUT2D eigenvalue weighted by atomic mass is 19.1. The van der Waals surface area contributed by atoms with Crippen molar-refractivity contribution in [1.82, 2.24) is 10.6 Å². The Kier molecular flexibility index (Phi) is 6.58. The number of amides is 2. The number of carbonyl (C=O) groups is 2. The first kappa shape index (κ1) is 18.2. The van der Waals surface area contributed by atoms with E-state index in [0.717, 1.165) is 25.7 Å². The number of hydrogen-bond acceptors (Lipinski definition) is 3. The van der Waals surface area contributed by atoms with Crippen molar-refractivity contribution < 1.29 is 18.7 Å². The molecule has 1 atom stereocenters. The minimum Gasteiger partial charge on any atom is -0.462 e. The van der Waals surface area contributed by atoms with Crippen LogP contribution in [0.15, 0.2) is 24.3 Å². The Hall–Kier alpha value is -2.11. The van der Waals surface area contributed by atoms with Gasteiger partial charge in [0, 0.05) is 12.6 Å². The number of halogens is 1. The zero-order valence-electron chi connectivity index (χ0n) is 14.2. The second-order valence-electron chi connectivity index (χ2n) is 6.19. The van der Waals surface area contributed by atoms with Crippen LogP contribution in [0.3, 0.4) is 0 Å². The lowest BCUT2D eigenvalue weighted by Crippen LogP contribution is -2.44. The van der Waals surface area contributed by atoms with Gasteiger partial charge in [-0.25, -0.2) is 9.18 Å². The van der Waals surface area contributed by atoms with Crippen molar-refractivity contribution >= 4 is 12.0 Å². The fourth-order valence-corrected chi connectivity index (χ4v) is 2.90. The van der Waals surface area contributed by atoms with Gasteiger partial charge in [0.1, 0.15) is 11.9 Å². The highest BCUT2D eigenvalue weighted by molar-refractivity contribution is 5.77. The first-order chi connectivity index (χ1) is 11.5. The van der Waals surface area contributed by atoms with E-state index in [-0.39, 0.29) is 30.0 Å². The molecule has 5 nitrogen and oxygen atoms in total. The molecule has 0 radical (unpaired) electrons. The van der Waals surface area contributed by atoms with Gasteiger partial charge in [-0.1, -0.05) is 12.1 Å². The molecular formula is C18H25FN2O3. The quantitative estimate of drug-likeness (QED) is 0.812. The maximum atomic E-state index is 13.3. The minimum atomic E-state index is -0.494. The average Bonchev–Trinajstić information content (AvgIpc) is 2.56. The van der Waals surface area contributed by atoms with E-state index >= 15 is 0 Å². The third-order valence-corrected chi connectivity index (χ3v) is 4.33. The first-order valence-corrected chi connectivity index (χ1v) is 8.50. The van der Waals surface area contributed by atoms with E-state index in [0.29, 0.717) is 12.1 Å². The van der Waals surface area contributed by atoms with Gasteiger partial charge in [0.05, 0.1) is 5.92 Å². The van der Waals surface area contributed by atoms with Gasteiger partial charge in [-0.15, -0.1) is 0 Å². The number of esters is 1. The molecule has 1 aliphatic rings. The fourth-order valence-electron chi connectivity index (χ4n) is 2.90. The largest absolute Gasteiger partial charge is 0.462 e. The average molecular weight is 336 g/mol. The van der Waals surface area contributed by atoms with Crippen LogP contribution in [0.25, 0.3) is 0 Å². The smallest absolute Gasteiger partial charge is 0.314 e. The van der Waals surface area contributed by atoms with E-state index in [9.17, 15) is 14.0 Å². The molecule has 1 aromatic carbocycles. The Morgan fingerprint density at radius 2 is 2.00 bits per heavy atom. The van der Waals surface area contributed by atoms with Gasteiger partial charge in [-0.3, -0.25) is 4.79 Å². The predicted octanol–water partition coefficient (Wildman–Crippen LogP) is 3.10. The van der Waals surface area contributed by atoms with Gasteiger partial charge >= 0.3 is 12.0 Å². The van der Waals surface area contributed by atoms with Gasteiger partial charge in [-0.2, -0.15) is 0 Å². The standard InChI is InChI=1S/C18H25FN2O3/c1-3-20-18(23)21-15-7-9-16(10-8-15)24-17(22)12(2)13-5-4-6-14(19)11-13/h4-6,11-12,15-16H,3,7-10H2,1-2H3,(H2,20,21,23)/t12-,15?,16?/m1/s1. The number of rotatable bonds is 5. The Balaban J connectivity index is 1.79. The molecule has 0 aliphatic heterocycles. The lowest BCUT2D eigenvalue weighted by molar-refractivity contribution is -0.152. The van der Waals surface area contributed by atoms with Crippen molar-refractivity contribution in [1.29, 1.82) is 0 Å². The molecular weight excluding hydrogens is 311 g/mol. The molecule has 1 aromatic rings. The molecule has 1 aliphatic carbocycles. The van der Waals surface area contributed by atoms with Gasteiger partial charge in [0.25, 0.3) is 0 Å². The normalized spacial score (nSPS) is 21.6. The predicted molar refractivity (Wildman–Crippen MR) is 89.2 cm³/mol. The van der Waals surface area contributed by atoms with E-state index in [2.05, 4.69) is 10.6 Å². The number of ether oxygens (including phenoxy) is 1. The van der Waals surface area contributed by atoms with E-state index in [1.807, 2.05) is 6.92 Å². The minimum absolute atomic E-state index is 0.118. The number of urea groups is 1. The lowest BCUT2D eigenvalue weighted by Gasteiger charge is -2.29. The van der Waals surface area contributed by atoms with Gasteiger partial charge in [-0.05, 0) is 57.2 Å². The molecule has 0 unspecified atom stereocenters. The SMILES string of the molecule is CCNC(=O)NC1CCC(OC(=O)[C@H](C)c2cccc(F)c2)CC1. The molecule has 132 valence electrons. The lowest BCUT2D eigenvalue weighted by atomic mass is 9.92. The molecule has 1 saturated carbocycles. The molecule has 2 rings (SSSR count). The van der Waals surface area contributed by atoms with Crippen LogP contribution in [-0.4, -0.2) is 30.7 Å². The van der Waals surface area contributed by atoms with Crippen LogP contribution in [0.1, 0.15) is 51.0 Å². The first-order valence-electron chi connectivity index (χ1n) is 8.50. The summed E-state index contributed by atoms with van der Waals surface area (Å²) in [7, 11) is 0. The summed E-state index contributed by atoms with van der Waals surface area (Å²) in [6, 6.07) is 5.99. The monoisotopic (exact) mass is 336 g/mol. The molecule has 0 heterocycles. The van der Waals surface area contributed by atoms with Crippen LogP contribution in [0.2, 0.25) is 0 Å². The maximum Gasteiger partial charge on any atom is 0.314 e. The summed E-state index contributed by atoms with van der Waals surface area (Å²) in [5.41, 5.74) is 0.617. The van der Waals surface area contributed by atoms with Crippen molar-refractivity contribution in [2.75, 3.05) is 6.54 Å². The Morgan fingerprint density at radius 1 is 1.29 bits per heavy atom. The fraction of sp³-hybridized carbons (Fsp3) is 0.556. The van der Waals surface area contributed by atoms with E-state index < -0.39 is 5.92 Å². The summed E-state index contributed by atoms with van der Waals surface area (Å²) in [5, 5.41) is 5.62. The highest BCUT2D eigenvalue weighted by Gasteiger charge is 2.27. The molecule has 0 bridgehead atoms. The van der Waals surface area contributed by atoms with Gasteiger partial charge < -0.3 is 15.4 Å². The van der Waals surface area contributed by atoms with Crippen LogP contribution in [0.4, 0.5) is 9.18 Å². The van der Waals surface area contributed by atoms with Crippen LogP contribution in [-0.2, 0) is 9.53 Å². The van der Waals surface area contributed by atoms with E-state index in [1.54, 1.807) is 19.1 Å². The van der Waals surface area contributed by atoms with Crippen LogP contribution >= 0.6 is 0 Å². The third kappa shape index (κ3) is 5.22. The Bertz CT molecular complexity index is 571. The molecule has 0 spiro atoms. The summed E-state index contributed by atoms with van der Waals surface area (Å²) in [6.07, 6.45) is 2.87. The molecule has 24 heavy (non-hydrogen) atoms. The molecule has 0 saturated heterocycles. The number of nitrogens with one attached hydrogen (secondary N) is 2. The summed E-state index contributed by atoms with van der Waals surface area (Å²) < 4.78 is 18.8. The Labute approximate surface area is 142 Å². The highest BCUT2D eigenvalue weighted by Crippen LogP contribution is 2.24. The number of benzene rings is 1. The second kappa shape index (κ2) is 8.66. The summed E-state index contributed by atoms with van der Waals surface area (Å²) in [6.45, 7) is 4.19. The van der Waals surface area contributed by atoms with Gasteiger partial charge in [0.2, 0.25) is 0 Å². The van der Waals surface area contributed by atoms with E-state index in [1.165, 1.54) is 12.1 Å². The van der Waals surface area contributed by atoms with Gasteiger partial charge in [0.15, 0.2) is 0 Å². The maximum absolute atomic E-state index is 13.3. The third-order valence-electron chi connectivity index (χ3n) is 4.33. The topological polar surface area (TPSA) is 67.4 Å². The van der Waals surface area contributed by atoms with E-state index in [4.69, 9.17) is 4.74 Å². The second-order valence-corrected chi connectivity index (χ2v) is 6.19. The molecule has 1 fully saturated rings. The van der Waals surface area contributed by atoms with Crippen molar-refractivity contribution in [3.8, 4) is 0 Å². The molecule has 2 amide bonds. The zero-order chi connectivity index (χ0) is 17.5.